The third-order valence-electron chi connectivity index (χ3n) is 5.38. The van der Waals surface area contributed by atoms with E-state index in [1.165, 1.54) is 31.3 Å². The Hall–Kier alpha value is -2.40. The van der Waals surface area contributed by atoms with Crippen molar-refractivity contribution in [2.45, 2.75) is 71.8 Å². The molecule has 1 aromatic carbocycles. The molecule has 1 heterocycles. The molecule has 2 rings (SSSR count). The molecule has 7 N–H and O–H groups in total. The zero-order chi connectivity index (χ0) is 21.1. The second-order valence-electron chi connectivity index (χ2n) is 7.85. The first kappa shape index (κ1) is 22.9. The SMILES string of the molecule is CCC(C)=C/C(CC)=C(/N)N/C(=C\C1CCCCCCN1)Nc1ccc(N)cc1. The minimum Gasteiger partial charge on any atom is -0.399 e. The number of nitrogen functional groups attached to an aromatic ring is 1. The van der Waals surface area contributed by atoms with Gasteiger partial charge in [0.25, 0.3) is 0 Å². The van der Waals surface area contributed by atoms with Crippen LogP contribution in [0.25, 0.3) is 0 Å². The Kier molecular flexibility index (Phi) is 9.65. The van der Waals surface area contributed by atoms with E-state index in [1.807, 2.05) is 24.3 Å². The number of benzene rings is 1. The van der Waals surface area contributed by atoms with E-state index in [-0.39, 0.29) is 0 Å². The molecule has 0 spiro atoms. The molecule has 1 aromatic rings. The van der Waals surface area contributed by atoms with E-state index in [9.17, 15) is 0 Å². The monoisotopic (exact) mass is 397 g/mol. The highest BCUT2D eigenvalue weighted by Crippen LogP contribution is 2.17. The molecule has 5 heteroatoms. The number of hydrogen-bond acceptors (Lipinski definition) is 5. The Morgan fingerprint density at radius 1 is 1.10 bits per heavy atom. The van der Waals surface area contributed by atoms with Crippen molar-refractivity contribution in [3.63, 3.8) is 0 Å². The highest BCUT2D eigenvalue weighted by molar-refractivity contribution is 5.54. The van der Waals surface area contributed by atoms with E-state index in [0.29, 0.717) is 11.9 Å². The molecule has 1 atom stereocenters. The lowest BCUT2D eigenvalue weighted by Gasteiger charge is -2.22. The fourth-order valence-corrected chi connectivity index (χ4v) is 3.41. The van der Waals surface area contributed by atoms with Gasteiger partial charge in [-0.25, -0.2) is 0 Å². The van der Waals surface area contributed by atoms with Crippen molar-refractivity contribution in [2.24, 2.45) is 5.73 Å². The molecular weight excluding hydrogens is 358 g/mol. The van der Waals surface area contributed by atoms with E-state index < -0.39 is 0 Å². The van der Waals surface area contributed by atoms with E-state index in [0.717, 1.165) is 48.6 Å². The second kappa shape index (κ2) is 12.2. The first-order valence-corrected chi connectivity index (χ1v) is 11.0. The summed E-state index contributed by atoms with van der Waals surface area (Å²) in [6, 6.07) is 8.09. The zero-order valence-electron chi connectivity index (χ0n) is 18.4. The van der Waals surface area contributed by atoms with Crippen LogP contribution in [0.1, 0.15) is 65.7 Å². The number of nitrogens with one attached hydrogen (secondary N) is 3. The highest BCUT2D eigenvalue weighted by atomic mass is 15.1. The van der Waals surface area contributed by atoms with Crippen LogP contribution in [0.15, 0.2) is 59.2 Å². The number of allylic oxidation sites excluding steroid dienone is 3. The van der Waals surface area contributed by atoms with Crippen LogP contribution < -0.4 is 27.4 Å². The maximum absolute atomic E-state index is 6.47. The summed E-state index contributed by atoms with van der Waals surface area (Å²) in [5.74, 6) is 1.60. The second-order valence-corrected chi connectivity index (χ2v) is 7.85. The van der Waals surface area contributed by atoms with Crippen molar-refractivity contribution >= 4 is 11.4 Å². The predicted octanol–water partition coefficient (Wildman–Crippen LogP) is 4.97. The Morgan fingerprint density at radius 2 is 1.83 bits per heavy atom. The molecule has 1 aliphatic rings. The maximum Gasteiger partial charge on any atom is 0.106 e. The van der Waals surface area contributed by atoms with Crippen LogP contribution >= 0.6 is 0 Å². The van der Waals surface area contributed by atoms with Crippen LogP contribution in [0.5, 0.6) is 0 Å². The van der Waals surface area contributed by atoms with Gasteiger partial charge in [-0.2, -0.15) is 0 Å². The predicted molar refractivity (Wildman–Crippen MR) is 126 cm³/mol. The zero-order valence-corrected chi connectivity index (χ0v) is 18.4. The Balaban J connectivity index is 2.26. The molecule has 0 aliphatic carbocycles. The van der Waals surface area contributed by atoms with E-state index >= 15 is 0 Å². The average Bonchev–Trinajstić information content (AvgIpc) is 2.69. The summed E-state index contributed by atoms with van der Waals surface area (Å²) in [6.45, 7) is 7.50. The number of anilines is 2. The summed E-state index contributed by atoms with van der Waals surface area (Å²) in [5.41, 5.74) is 16.5. The summed E-state index contributed by atoms with van der Waals surface area (Å²) in [4.78, 5) is 0. The molecular formula is C24H39N5. The van der Waals surface area contributed by atoms with Crippen LogP contribution in [0.4, 0.5) is 11.4 Å². The number of rotatable bonds is 8. The van der Waals surface area contributed by atoms with Gasteiger partial charge in [0.15, 0.2) is 0 Å². The first-order chi connectivity index (χ1) is 14.0. The van der Waals surface area contributed by atoms with Crippen molar-refractivity contribution < 1.29 is 0 Å². The standard InChI is InChI=1S/C24H39N5/c1-4-18(3)16-19(5-2)24(26)29-23(28-21-13-11-20(25)12-14-21)17-22-10-8-6-7-9-15-27-22/h11-14,16-17,22,27-29H,4-10,15,25-26H2,1-3H3/b18-16?,23-17-,24-19-. The number of nitrogens with two attached hydrogens (primary N) is 2. The first-order valence-electron chi connectivity index (χ1n) is 11.0. The largest absolute Gasteiger partial charge is 0.399 e. The summed E-state index contributed by atoms with van der Waals surface area (Å²) in [5, 5.41) is 10.6. The quantitative estimate of drug-likeness (QED) is 0.316. The van der Waals surface area contributed by atoms with Gasteiger partial charge >= 0.3 is 0 Å². The van der Waals surface area contributed by atoms with Crippen LogP contribution in [0, 0.1) is 0 Å². The van der Waals surface area contributed by atoms with Crippen LogP contribution in [0.2, 0.25) is 0 Å². The van der Waals surface area contributed by atoms with E-state index in [4.69, 9.17) is 11.5 Å². The summed E-state index contributed by atoms with van der Waals surface area (Å²) in [7, 11) is 0. The average molecular weight is 398 g/mol. The van der Waals surface area contributed by atoms with Crippen LogP contribution in [-0.2, 0) is 0 Å². The fraction of sp³-hybridized carbons (Fsp3) is 0.500. The number of hydrogen-bond donors (Lipinski definition) is 5. The minimum absolute atomic E-state index is 0.324. The van der Waals surface area contributed by atoms with Gasteiger partial charge in [-0.05, 0) is 75.1 Å². The molecule has 1 saturated heterocycles. The van der Waals surface area contributed by atoms with Gasteiger partial charge in [0.1, 0.15) is 11.6 Å². The smallest absolute Gasteiger partial charge is 0.106 e. The van der Waals surface area contributed by atoms with Crippen LogP contribution in [0.3, 0.4) is 0 Å². The molecule has 29 heavy (non-hydrogen) atoms. The van der Waals surface area contributed by atoms with Crippen LogP contribution in [-0.4, -0.2) is 12.6 Å². The van der Waals surface area contributed by atoms with E-state index in [1.54, 1.807) is 0 Å². The molecule has 0 bridgehead atoms. The maximum atomic E-state index is 6.47. The molecule has 5 nitrogen and oxygen atoms in total. The van der Waals surface area contributed by atoms with E-state index in [2.05, 4.69) is 48.9 Å². The van der Waals surface area contributed by atoms with Gasteiger partial charge < -0.3 is 27.4 Å². The van der Waals surface area contributed by atoms with Crippen molar-refractivity contribution in [3.8, 4) is 0 Å². The van der Waals surface area contributed by atoms with Crippen molar-refractivity contribution in [1.82, 2.24) is 10.6 Å². The van der Waals surface area contributed by atoms with Gasteiger partial charge in [-0.1, -0.05) is 44.8 Å². The van der Waals surface area contributed by atoms with Gasteiger partial charge in [0, 0.05) is 17.4 Å². The van der Waals surface area contributed by atoms with Gasteiger partial charge in [-0.3, -0.25) is 0 Å². The third-order valence-corrected chi connectivity index (χ3v) is 5.38. The third kappa shape index (κ3) is 8.24. The van der Waals surface area contributed by atoms with Crippen molar-refractivity contribution in [1.29, 1.82) is 0 Å². The highest BCUT2D eigenvalue weighted by Gasteiger charge is 2.11. The van der Waals surface area contributed by atoms with Gasteiger partial charge in [0.05, 0.1) is 0 Å². The molecule has 1 unspecified atom stereocenters. The Labute approximate surface area is 176 Å². The van der Waals surface area contributed by atoms with Gasteiger partial charge in [0.2, 0.25) is 0 Å². The summed E-state index contributed by atoms with van der Waals surface area (Å²) >= 11 is 0. The molecule has 160 valence electrons. The molecule has 0 saturated carbocycles. The fourth-order valence-electron chi connectivity index (χ4n) is 3.41. The topological polar surface area (TPSA) is 88.1 Å². The summed E-state index contributed by atoms with van der Waals surface area (Å²) in [6.07, 6.45) is 12.6. The summed E-state index contributed by atoms with van der Waals surface area (Å²) < 4.78 is 0. The van der Waals surface area contributed by atoms with Crippen molar-refractivity contribution in [3.05, 3.63) is 59.2 Å². The molecule has 0 amide bonds. The lowest BCUT2D eigenvalue weighted by molar-refractivity contribution is 0.462. The Morgan fingerprint density at radius 3 is 2.52 bits per heavy atom. The van der Waals surface area contributed by atoms with Gasteiger partial charge in [-0.15, -0.1) is 0 Å². The minimum atomic E-state index is 0.324. The molecule has 1 fully saturated rings. The lowest BCUT2D eigenvalue weighted by Crippen LogP contribution is -2.33. The normalized spacial score (nSPS) is 19.8. The van der Waals surface area contributed by atoms with Crippen molar-refractivity contribution in [2.75, 3.05) is 17.6 Å². The molecule has 1 aliphatic heterocycles. The molecule has 0 aromatic heterocycles. The molecule has 0 radical (unpaired) electrons. The lowest BCUT2D eigenvalue weighted by atomic mass is 10.0. The Bertz CT molecular complexity index is 707.